The summed E-state index contributed by atoms with van der Waals surface area (Å²) >= 11 is 0. The van der Waals surface area contributed by atoms with Gasteiger partial charge in [-0.25, -0.2) is 0 Å². The number of rotatable bonds is 6. The molecule has 3 aromatic carbocycles. The number of nitro benzene ring substituents is 2. The Balaban J connectivity index is 1.17. The van der Waals surface area contributed by atoms with E-state index in [1.54, 1.807) is 12.2 Å². The van der Waals surface area contributed by atoms with E-state index in [0.717, 1.165) is 0 Å². The van der Waals surface area contributed by atoms with Gasteiger partial charge in [0, 0.05) is 50.4 Å². The van der Waals surface area contributed by atoms with Gasteiger partial charge in [0.2, 0.25) is 0 Å². The van der Waals surface area contributed by atoms with Gasteiger partial charge in [-0.2, -0.15) is 10.0 Å². The van der Waals surface area contributed by atoms with Crippen LogP contribution in [0.15, 0.2) is 94.1 Å². The molecule has 4 aliphatic heterocycles. The minimum Gasteiger partial charge on any atom is -0.378 e. The highest BCUT2D eigenvalue weighted by Crippen LogP contribution is 2.30. The van der Waals surface area contributed by atoms with Gasteiger partial charge in [0.25, 0.3) is 23.2 Å². The number of amides is 2. The third-order valence-electron chi connectivity index (χ3n) is 8.51. The Morgan fingerprint density at radius 2 is 0.900 bits per heavy atom. The number of carbonyl (C=O) groups is 2. The highest BCUT2D eigenvalue weighted by molar-refractivity contribution is 6.33. The van der Waals surface area contributed by atoms with Crippen LogP contribution in [0.2, 0.25) is 0 Å². The number of non-ortho nitro benzene ring substituents is 2. The Hall–Kier alpha value is -6.26. The van der Waals surface area contributed by atoms with Gasteiger partial charge in [-0.15, -0.1) is 10.2 Å². The lowest BCUT2D eigenvalue weighted by Gasteiger charge is -2.28. The van der Waals surface area contributed by atoms with E-state index in [1.165, 1.54) is 58.5 Å². The van der Waals surface area contributed by atoms with Crippen LogP contribution < -0.4 is 10.0 Å². The van der Waals surface area contributed by atoms with Crippen LogP contribution in [0.4, 0.5) is 22.7 Å². The lowest BCUT2D eigenvalue weighted by Crippen LogP contribution is -2.41. The highest BCUT2D eigenvalue weighted by Gasteiger charge is 2.36. The molecular weight excluding hydrogens is 648 g/mol. The number of ether oxygens (including phenoxy) is 2. The van der Waals surface area contributed by atoms with Crippen LogP contribution in [0, 0.1) is 20.2 Å². The van der Waals surface area contributed by atoms with Crippen molar-refractivity contribution in [2.24, 2.45) is 10.2 Å². The molecule has 3 aromatic rings. The second kappa shape index (κ2) is 13.7. The first kappa shape index (κ1) is 32.3. The van der Waals surface area contributed by atoms with E-state index in [4.69, 9.17) is 9.47 Å². The second-order valence-corrected chi connectivity index (χ2v) is 11.6. The normalized spacial score (nSPS) is 19.8. The molecule has 0 saturated carbocycles. The predicted octanol–water partition coefficient (Wildman–Crippen LogP) is 3.65. The third kappa shape index (κ3) is 6.44. The van der Waals surface area contributed by atoms with E-state index in [9.17, 15) is 29.8 Å². The molecule has 0 unspecified atom stereocenters. The molecule has 16 nitrogen and oxygen atoms in total. The van der Waals surface area contributed by atoms with E-state index >= 15 is 0 Å². The topological polar surface area (TPSA) is 177 Å². The second-order valence-electron chi connectivity index (χ2n) is 11.6. The van der Waals surface area contributed by atoms with Gasteiger partial charge in [0.15, 0.2) is 11.7 Å². The Morgan fingerprint density at radius 3 is 1.22 bits per heavy atom. The third-order valence-corrected chi connectivity index (χ3v) is 8.51. The highest BCUT2D eigenvalue weighted by atomic mass is 16.6. The zero-order chi connectivity index (χ0) is 34.8. The smallest absolute Gasteiger partial charge is 0.282 e. The Bertz CT molecular complexity index is 1820. The summed E-state index contributed by atoms with van der Waals surface area (Å²) in [6.45, 7) is 4.11. The largest absolute Gasteiger partial charge is 0.378 e. The van der Waals surface area contributed by atoms with Crippen LogP contribution in [0.5, 0.6) is 0 Å². The molecular formula is C34H30N8O8. The average Bonchev–Trinajstić information content (AvgIpc) is 3.65. The molecule has 0 aromatic heterocycles. The number of amidine groups is 2. The van der Waals surface area contributed by atoms with E-state index in [2.05, 4.69) is 10.2 Å². The summed E-state index contributed by atoms with van der Waals surface area (Å²) in [5.74, 6) is 0.218. The van der Waals surface area contributed by atoms with Crippen molar-refractivity contribution in [2.75, 3.05) is 62.6 Å². The molecule has 2 amide bonds. The number of hydrogen-bond acceptors (Lipinski definition) is 12. The number of benzene rings is 3. The molecule has 254 valence electrons. The summed E-state index contributed by atoms with van der Waals surface area (Å²) < 4.78 is 11.0. The van der Waals surface area contributed by atoms with Crippen LogP contribution in [-0.4, -0.2) is 95.7 Å². The molecule has 2 fully saturated rings. The zero-order valence-electron chi connectivity index (χ0n) is 26.6. The van der Waals surface area contributed by atoms with E-state index in [1.807, 2.05) is 34.1 Å². The van der Waals surface area contributed by atoms with E-state index in [-0.39, 0.29) is 23.2 Å². The lowest BCUT2D eigenvalue weighted by molar-refractivity contribution is -0.385. The molecule has 4 aliphatic rings. The number of hydrogen-bond donors (Lipinski definition) is 0. The van der Waals surface area contributed by atoms with Crippen LogP contribution in [0.25, 0.3) is 12.2 Å². The molecule has 4 heterocycles. The molecule has 7 rings (SSSR count). The molecule has 16 heteroatoms. The van der Waals surface area contributed by atoms with Crippen molar-refractivity contribution in [3.63, 3.8) is 0 Å². The number of hydrazone groups is 2. The molecule has 0 radical (unpaired) electrons. The van der Waals surface area contributed by atoms with Gasteiger partial charge >= 0.3 is 0 Å². The number of nitro groups is 2. The van der Waals surface area contributed by atoms with Crippen molar-refractivity contribution in [3.8, 4) is 0 Å². The van der Waals surface area contributed by atoms with Crippen molar-refractivity contribution in [3.05, 3.63) is 115 Å². The quantitative estimate of drug-likeness (QED) is 0.212. The first-order chi connectivity index (χ1) is 24.3. The fourth-order valence-corrected chi connectivity index (χ4v) is 5.88. The number of nitrogens with zero attached hydrogens (tertiary/aromatic N) is 8. The minimum atomic E-state index is -0.503. The van der Waals surface area contributed by atoms with Gasteiger partial charge in [-0.1, -0.05) is 24.3 Å². The first-order valence-electron chi connectivity index (χ1n) is 15.8. The van der Waals surface area contributed by atoms with Crippen molar-refractivity contribution in [2.45, 2.75) is 0 Å². The van der Waals surface area contributed by atoms with Crippen LogP contribution in [0.1, 0.15) is 11.1 Å². The number of anilines is 2. The molecule has 0 aliphatic carbocycles. The molecule has 50 heavy (non-hydrogen) atoms. The van der Waals surface area contributed by atoms with Crippen molar-refractivity contribution < 1.29 is 28.9 Å². The van der Waals surface area contributed by atoms with Gasteiger partial charge in [0.1, 0.15) is 0 Å². The predicted molar refractivity (Wildman–Crippen MR) is 183 cm³/mol. The SMILES string of the molecule is O=C1C(=Cc2ccc(C=C3C(=O)N(c4ccc([N+](=O)[O-])cc4)N=C3N3CCOCC3)cc2)C(N2CCOCC2)=NN1c1ccc([N+](=O)[O-])cc1. The summed E-state index contributed by atoms with van der Waals surface area (Å²) in [5, 5.41) is 34.1. The molecule has 0 spiro atoms. The Kier molecular flexibility index (Phi) is 8.85. The summed E-state index contributed by atoms with van der Waals surface area (Å²) in [6.07, 6.45) is 3.49. The standard InChI is InChI=1S/C34H30N8O8/c43-33-29(31(37-13-17-49-18-14-37)35-39(33)25-5-9-27(10-6-25)41(45)46)21-23-1-2-24(4-3-23)22-30-32(38-15-19-50-20-16-38)36-40(34(30)44)26-7-11-28(12-8-26)42(47)48/h1-12,21-22H,13-20H2. The summed E-state index contributed by atoms with van der Waals surface area (Å²) in [6, 6.07) is 18.6. The summed E-state index contributed by atoms with van der Waals surface area (Å²) in [4.78, 5) is 52.7. The molecule has 2 saturated heterocycles. The van der Waals surface area contributed by atoms with Gasteiger partial charge < -0.3 is 19.3 Å². The number of carbonyl (C=O) groups excluding carboxylic acids is 2. The molecule has 0 atom stereocenters. The zero-order valence-corrected chi connectivity index (χ0v) is 26.6. The molecule has 0 N–H and O–H groups in total. The van der Waals surface area contributed by atoms with Crippen LogP contribution in [0.3, 0.4) is 0 Å². The maximum Gasteiger partial charge on any atom is 0.282 e. The minimum absolute atomic E-state index is 0.0923. The Morgan fingerprint density at radius 1 is 0.560 bits per heavy atom. The van der Waals surface area contributed by atoms with Gasteiger partial charge in [-0.3, -0.25) is 29.8 Å². The fourth-order valence-electron chi connectivity index (χ4n) is 5.88. The average molecular weight is 679 g/mol. The maximum atomic E-state index is 13.7. The lowest BCUT2D eigenvalue weighted by atomic mass is 10.0. The number of morpholine rings is 2. The summed E-state index contributed by atoms with van der Waals surface area (Å²) in [7, 11) is 0. The van der Waals surface area contributed by atoms with Crippen molar-refractivity contribution >= 4 is 58.4 Å². The first-order valence-corrected chi connectivity index (χ1v) is 15.8. The Labute approximate surface area is 285 Å². The molecule has 0 bridgehead atoms. The van der Waals surface area contributed by atoms with Crippen LogP contribution >= 0.6 is 0 Å². The van der Waals surface area contributed by atoms with Gasteiger partial charge in [-0.05, 0) is 47.5 Å². The summed E-state index contributed by atoms with van der Waals surface area (Å²) in [5.41, 5.74) is 2.78. The van der Waals surface area contributed by atoms with E-state index < -0.39 is 9.85 Å². The van der Waals surface area contributed by atoms with Crippen molar-refractivity contribution in [1.29, 1.82) is 0 Å². The maximum absolute atomic E-state index is 13.7. The van der Waals surface area contributed by atoms with Crippen molar-refractivity contribution in [1.82, 2.24) is 9.80 Å². The monoisotopic (exact) mass is 678 g/mol. The van der Waals surface area contributed by atoms with E-state index in [0.29, 0.717) is 97.9 Å². The van der Waals surface area contributed by atoms with Gasteiger partial charge in [0.05, 0.1) is 58.8 Å². The van der Waals surface area contributed by atoms with Crippen LogP contribution in [-0.2, 0) is 19.1 Å². The fraction of sp³-hybridized carbons (Fsp3) is 0.235.